The van der Waals surface area contributed by atoms with Gasteiger partial charge in [-0.1, -0.05) is 6.92 Å². The third-order valence-electron chi connectivity index (χ3n) is 3.83. The van der Waals surface area contributed by atoms with Gasteiger partial charge in [0.25, 0.3) is 0 Å². The van der Waals surface area contributed by atoms with Gasteiger partial charge < -0.3 is 10.1 Å². The van der Waals surface area contributed by atoms with E-state index in [-0.39, 0.29) is 0 Å². The van der Waals surface area contributed by atoms with Gasteiger partial charge in [-0.25, -0.2) is 0 Å². The van der Waals surface area contributed by atoms with E-state index in [1.165, 1.54) is 24.9 Å². The first kappa shape index (κ1) is 10.7. The molecule has 1 unspecified atom stereocenters. The van der Waals surface area contributed by atoms with E-state index in [9.17, 15) is 5.11 Å². The van der Waals surface area contributed by atoms with Gasteiger partial charge in [-0.15, -0.1) is 0 Å². The van der Waals surface area contributed by atoms with Crippen molar-refractivity contribution in [2.45, 2.75) is 25.8 Å². The highest BCUT2D eigenvalue weighted by Gasteiger charge is 2.26. The molecule has 0 amide bonds. The zero-order valence-corrected chi connectivity index (χ0v) is 10.1. The minimum Gasteiger partial charge on any atom is -0.508 e. The standard InChI is InChI=1S/C14H18N2O/c1-2-16-7-3-4-14(16)12-9-15-13-6-5-10(17)8-11(12)13/h5-6,8-9,14-15,17H,2-4,7H2,1H3. The number of phenols is 1. The van der Waals surface area contributed by atoms with E-state index in [0.29, 0.717) is 11.8 Å². The minimum absolute atomic E-state index is 0.347. The van der Waals surface area contributed by atoms with Crippen molar-refractivity contribution >= 4 is 10.9 Å². The summed E-state index contributed by atoms with van der Waals surface area (Å²) in [5.41, 5.74) is 2.44. The van der Waals surface area contributed by atoms with Crippen molar-refractivity contribution in [2.75, 3.05) is 13.1 Å². The highest BCUT2D eigenvalue weighted by atomic mass is 16.3. The molecular formula is C14H18N2O. The molecule has 2 aromatic rings. The second-order valence-electron chi connectivity index (χ2n) is 4.76. The molecule has 1 fully saturated rings. The summed E-state index contributed by atoms with van der Waals surface area (Å²) in [7, 11) is 0. The molecule has 0 saturated carbocycles. The topological polar surface area (TPSA) is 39.3 Å². The van der Waals surface area contributed by atoms with E-state index in [1.807, 2.05) is 12.1 Å². The van der Waals surface area contributed by atoms with Crippen LogP contribution in [0.4, 0.5) is 0 Å². The summed E-state index contributed by atoms with van der Waals surface area (Å²) < 4.78 is 0. The Morgan fingerprint density at radius 1 is 1.47 bits per heavy atom. The monoisotopic (exact) mass is 230 g/mol. The zero-order valence-electron chi connectivity index (χ0n) is 10.1. The highest BCUT2D eigenvalue weighted by Crippen LogP contribution is 2.36. The first-order valence-electron chi connectivity index (χ1n) is 6.33. The Bertz CT molecular complexity index is 532. The first-order chi connectivity index (χ1) is 8.29. The van der Waals surface area contributed by atoms with Gasteiger partial charge in [-0.2, -0.15) is 0 Å². The second kappa shape index (κ2) is 4.08. The van der Waals surface area contributed by atoms with E-state index in [2.05, 4.69) is 23.0 Å². The number of phenolic OH excluding ortho intramolecular Hbond substituents is 1. The molecule has 1 atom stereocenters. The number of H-pyrrole nitrogens is 1. The van der Waals surface area contributed by atoms with Crippen LogP contribution >= 0.6 is 0 Å². The van der Waals surface area contributed by atoms with Gasteiger partial charge in [0.15, 0.2) is 0 Å². The van der Waals surface area contributed by atoms with E-state index in [0.717, 1.165) is 17.4 Å². The Morgan fingerprint density at radius 2 is 2.35 bits per heavy atom. The van der Waals surface area contributed by atoms with E-state index < -0.39 is 0 Å². The molecule has 3 nitrogen and oxygen atoms in total. The van der Waals surface area contributed by atoms with Crippen LogP contribution in [-0.2, 0) is 0 Å². The lowest BCUT2D eigenvalue weighted by atomic mass is 10.0. The Labute approximate surface area is 101 Å². The van der Waals surface area contributed by atoms with Gasteiger partial charge in [0.05, 0.1) is 0 Å². The Morgan fingerprint density at radius 3 is 3.18 bits per heavy atom. The van der Waals surface area contributed by atoms with Crippen LogP contribution in [0.3, 0.4) is 0 Å². The number of nitrogens with one attached hydrogen (secondary N) is 1. The number of aromatic hydroxyl groups is 1. The van der Waals surface area contributed by atoms with Crippen LogP contribution in [0.2, 0.25) is 0 Å². The van der Waals surface area contributed by atoms with Crippen LogP contribution < -0.4 is 0 Å². The quantitative estimate of drug-likeness (QED) is 0.832. The molecule has 0 spiro atoms. The fraction of sp³-hybridized carbons (Fsp3) is 0.429. The summed E-state index contributed by atoms with van der Waals surface area (Å²) >= 11 is 0. The summed E-state index contributed by atoms with van der Waals surface area (Å²) in [6.07, 6.45) is 4.59. The third kappa shape index (κ3) is 1.71. The van der Waals surface area contributed by atoms with E-state index in [4.69, 9.17) is 0 Å². The van der Waals surface area contributed by atoms with Gasteiger partial charge >= 0.3 is 0 Å². The van der Waals surface area contributed by atoms with Gasteiger partial charge in [-0.05, 0) is 49.7 Å². The number of rotatable bonds is 2. The molecule has 2 heterocycles. The molecule has 1 aliphatic rings. The molecule has 1 aromatic heterocycles. The molecule has 3 rings (SSSR count). The van der Waals surface area contributed by atoms with E-state index in [1.54, 1.807) is 6.07 Å². The number of hydrogen-bond donors (Lipinski definition) is 2. The van der Waals surface area contributed by atoms with E-state index >= 15 is 0 Å². The van der Waals surface area contributed by atoms with Crippen LogP contribution in [0.5, 0.6) is 5.75 Å². The molecule has 0 aliphatic carbocycles. The lowest BCUT2D eigenvalue weighted by Gasteiger charge is -2.22. The molecule has 1 aliphatic heterocycles. The van der Waals surface area contributed by atoms with Gasteiger partial charge in [0, 0.05) is 23.1 Å². The number of aromatic nitrogens is 1. The first-order valence-corrected chi connectivity index (χ1v) is 6.33. The fourth-order valence-electron chi connectivity index (χ4n) is 2.96. The largest absolute Gasteiger partial charge is 0.508 e. The molecule has 3 heteroatoms. The Hall–Kier alpha value is -1.48. The molecule has 0 radical (unpaired) electrons. The van der Waals surface area contributed by atoms with Crippen molar-refractivity contribution in [3.63, 3.8) is 0 Å². The summed E-state index contributed by atoms with van der Waals surface area (Å²) in [5, 5.41) is 10.8. The normalized spacial score (nSPS) is 21.4. The summed E-state index contributed by atoms with van der Waals surface area (Å²) in [5.74, 6) is 0.347. The van der Waals surface area contributed by atoms with Crippen LogP contribution in [-0.4, -0.2) is 28.1 Å². The summed E-state index contributed by atoms with van der Waals surface area (Å²) in [6, 6.07) is 6.05. The third-order valence-corrected chi connectivity index (χ3v) is 3.83. The lowest BCUT2D eigenvalue weighted by molar-refractivity contribution is 0.273. The molecule has 90 valence electrons. The molecule has 2 N–H and O–H groups in total. The Balaban J connectivity index is 2.07. The van der Waals surface area contributed by atoms with Crippen molar-refractivity contribution < 1.29 is 5.11 Å². The predicted octanol–water partition coefficient (Wildman–Crippen LogP) is 3.03. The number of fused-ring (bicyclic) bond motifs is 1. The SMILES string of the molecule is CCN1CCCC1c1c[nH]c2ccc(O)cc12. The van der Waals surface area contributed by atoms with Crippen molar-refractivity contribution in [3.05, 3.63) is 30.0 Å². The van der Waals surface area contributed by atoms with Crippen LogP contribution in [0.15, 0.2) is 24.4 Å². The average Bonchev–Trinajstić information content (AvgIpc) is 2.93. The summed E-state index contributed by atoms with van der Waals surface area (Å²) in [4.78, 5) is 5.81. The molecule has 1 saturated heterocycles. The lowest BCUT2D eigenvalue weighted by Crippen LogP contribution is -2.22. The zero-order chi connectivity index (χ0) is 11.8. The van der Waals surface area contributed by atoms with Crippen LogP contribution in [0.1, 0.15) is 31.4 Å². The summed E-state index contributed by atoms with van der Waals surface area (Å²) in [6.45, 7) is 4.49. The van der Waals surface area contributed by atoms with Crippen molar-refractivity contribution in [1.29, 1.82) is 0 Å². The van der Waals surface area contributed by atoms with Crippen molar-refractivity contribution in [1.82, 2.24) is 9.88 Å². The fourth-order valence-corrected chi connectivity index (χ4v) is 2.96. The smallest absolute Gasteiger partial charge is 0.116 e. The maximum absolute atomic E-state index is 9.61. The van der Waals surface area contributed by atoms with Gasteiger partial charge in [-0.3, -0.25) is 4.90 Å². The number of hydrogen-bond acceptors (Lipinski definition) is 2. The molecule has 17 heavy (non-hydrogen) atoms. The second-order valence-corrected chi connectivity index (χ2v) is 4.76. The molecule has 1 aromatic carbocycles. The van der Waals surface area contributed by atoms with Gasteiger partial charge in [0.1, 0.15) is 5.75 Å². The number of nitrogens with zero attached hydrogens (tertiary/aromatic N) is 1. The number of benzene rings is 1. The van der Waals surface area contributed by atoms with Crippen LogP contribution in [0, 0.1) is 0 Å². The Kier molecular flexibility index (Phi) is 2.56. The minimum atomic E-state index is 0.347. The van der Waals surface area contributed by atoms with Gasteiger partial charge in [0.2, 0.25) is 0 Å². The highest BCUT2D eigenvalue weighted by molar-refractivity contribution is 5.85. The average molecular weight is 230 g/mol. The van der Waals surface area contributed by atoms with Crippen LogP contribution in [0.25, 0.3) is 10.9 Å². The molecule has 0 bridgehead atoms. The number of likely N-dealkylation sites (tertiary alicyclic amines) is 1. The molecular weight excluding hydrogens is 212 g/mol. The number of aromatic amines is 1. The van der Waals surface area contributed by atoms with Crippen molar-refractivity contribution in [2.24, 2.45) is 0 Å². The van der Waals surface area contributed by atoms with Crippen molar-refractivity contribution in [3.8, 4) is 5.75 Å². The maximum Gasteiger partial charge on any atom is 0.116 e. The maximum atomic E-state index is 9.61. The predicted molar refractivity (Wildman–Crippen MR) is 69.2 cm³/mol.